The molecule has 0 atom stereocenters. The molecule has 0 spiro atoms. The van der Waals surface area contributed by atoms with E-state index in [0.717, 1.165) is 11.1 Å². The Hall–Kier alpha value is -3.30. The average molecular weight is 465 g/mol. The Morgan fingerprint density at radius 1 is 1.16 bits per heavy atom. The van der Waals surface area contributed by atoms with Gasteiger partial charge in [0.15, 0.2) is 0 Å². The monoisotopic (exact) mass is 464 g/mol. The molecule has 0 radical (unpaired) electrons. The first-order valence-electron chi connectivity index (χ1n) is 9.96. The molecule has 1 fully saturated rings. The zero-order valence-electron chi connectivity index (χ0n) is 17.3. The lowest BCUT2D eigenvalue weighted by molar-refractivity contribution is -0.122. The fraction of sp³-hybridized carbons (Fsp3) is 0.174. The summed E-state index contributed by atoms with van der Waals surface area (Å²) in [5.41, 5.74) is 2.60. The number of nitrogens with one attached hydrogen (secondary N) is 1. The summed E-state index contributed by atoms with van der Waals surface area (Å²) in [5, 5.41) is 10.6. The van der Waals surface area contributed by atoms with E-state index < -0.39 is 0 Å². The summed E-state index contributed by atoms with van der Waals surface area (Å²) in [6.45, 7) is 1.98. The Bertz CT molecular complexity index is 1170. The number of anilines is 1. The average Bonchev–Trinajstić information content (AvgIpc) is 3.31. The van der Waals surface area contributed by atoms with Crippen molar-refractivity contribution < 1.29 is 14.0 Å². The predicted octanol–water partition coefficient (Wildman–Crippen LogP) is 4.20. The molecule has 0 saturated carbocycles. The maximum atomic E-state index is 12.7. The molecule has 1 saturated heterocycles. The van der Waals surface area contributed by atoms with Crippen LogP contribution in [-0.4, -0.2) is 37.8 Å². The molecule has 4 rings (SSSR count). The van der Waals surface area contributed by atoms with Crippen molar-refractivity contribution in [2.24, 2.45) is 0 Å². The number of amides is 2. The first-order valence-corrected chi connectivity index (χ1v) is 11.2. The number of thiocarbonyl (C=S) groups is 1. The molecule has 0 bridgehead atoms. The quantitative estimate of drug-likeness (QED) is 0.414. The predicted molar refractivity (Wildman–Crippen MR) is 128 cm³/mol. The smallest absolute Gasteiger partial charge is 0.266 e. The van der Waals surface area contributed by atoms with Gasteiger partial charge in [0.25, 0.3) is 5.91 Å². The number of benzene rings is 2. The number of nitrogens with zero attached hydrogens (tertiary/aromatic N) is 3. The highest BCUT2D eigenvalue weighted by Gasteiger charge is 2.32. The van der Waals surface area contributed by atoms with Crippen LogP contribution in [0.5, 0.6) is 0 Å². The fourth-order valence-corrected chi connectivity index (χ4v) is 4.43. The van der Waals surface area contributed by atoms with E-state index in [-0.39, 0.29) is 24.8 Å². The third-order valence-corrected chi connectivity index (χ3v) is 6.07. The van der Waals surface area contributed by atoms with Crippen LogP contribution in [0.1, 0.15) is 29.3 Å². The Morgan fingerprint density at radius 2 is 1.91 bits per heavy atom. The van der Waals surface area contributed by atoms with Crippen molar-refractivity contribution in [3.05, 3.63) is 82.4 Å². The summed E-state index contributed by atoms with van der Waals surface area (Å²) in [5.74, 6) is 0.716. The van der Waals surface area contributed by atoms with Crippen molar-refractivity contribution in [1.29, 1.82) is 0 Å². The minimum atomic E-state index is -0.189. The molecule has 2 amide bonds. The van der Waals surface area contributed by atoms with E-state index in [1.54, 1.807) is 6.92 Å². The van der Waals surface area contributed by atoms with Crippen molar-refractivity contribution >= 4 is 51.9 Å². The van der Waals surface area contributed by atoms with Crippen molar-refractivity contribution in [2.45, 2.75) is 19.8 Å². The summed E-state index contributed by atoms with van der Waals surface area (Å²) in [4.78, 5) is 27.1. The van der Waals surface area contributed by atoms with Gasteiger partial charge in [-0.15, -0.1) is 10.2 Å². The standard InChI is InChI=1S/C23H20N4O3S2/c1-15-25-26-21(30-15)14-17-7-9-18(10-8-17)24-20(28)11-12-27-22(29)19(32-23(27)31)13-16-5-3-2-4-6-16/h2-10,13H,11-12,14H2,1H3,(H,24,28)/b19-13-. The Morgan fingerprint density at radius 3 is 2.59 bits per heavy atom. The van der Waals surface area contributed by atoms with Crippen molar-refractivity contribution in [3.63, 3.8) is 0 Å². The summed E-state index contributed by atoms with van der Waals surface area (Å²) in [6, 6.07) is 17.0. The molecule has 162 valence electrons. The number of rotatable bonds is 7. The molecule has 32 heavy (non-hydrogen) atoms. The number of thioether (sulfide) groups is 1. The Labute approximate surface area is 194 Å². The normalized spacial score (nSPS) is 14.9. The molecule has 7 nitrogen and oxygen atoms in total. The van der Waals surface area contributed by atoms with Crippen LogP contribution >= 0.6 is 24.0 Å². The van der Waals surface area contributed by atoms with E-state index in [1.807, 2.05) is 60.7 Å². The molecule has 0 aliphatic carbocycles. The summed E-state index contributed by atoms with van der Waals surface area (Å²) in [6.07, 6.45) is 2.49. The summed E-state index contributed by atoms with van der Waals surface area (Å²) >= 11 is 6.60. The highest BCUT2D eigenvalue weighted by molar-refractivity contribution is 8.26. The van der Waals surface area contributed by atoms with Gasteiger partial charge >= 0.3 is 0 Å². The highest BCUT2D eigenvalue weighted by atomic mass is 32.2. The number of carbonyl (C=O) groups is 2. The van der Waals surface area contributed by atoms with Crippen LogP contribution in [0.25, 0.3) is 6.08 Å². The van der Waals surface area contributed by atoms with Gasteiger partial charge in [-0.3, -0.25) is 14.5 Å². The maximum Gasteiger partial charge on any atom is 0.266 e. The molecule has 0 unspecified atom stereocenters. The van der Waals surface area contributed by atoms with Crippen LogP contribution in [0.3, 0.4) is 0 Å². The molecule has 9 heteroatoms. The summed E-state index contributed by atoms with van der Waals surface area (Å²) < 4.78 is 5.84. The molecule has 3 aromatic rings. The zero-order chi connectivity index (χ0) is 22.5. The van der Waals surface area contributed by atoms with E-state index in [2.05, 4.69) is 15.5 Å². The molecule has 1 aromatic heterocycles. The molecule has 2 aromatic carbocycles. The molecule has 1 aliphatic heterocycles. The second kappa shape index (κ2) is 9.88. The third-order valence-electron chi connectivity index (χ3n) is 4.69. The van der Waals surface area contributed by atoms with Gasteiger partial charge in [0.1, 0.15) is 4.32 Å². The Kier molecular flexibility index (Phi) is 6.77. The third kappa shape index (κ3) is 5.49. The van der Waals surface area contributed by atoms with E-state index in [9.17, 15) is 9.59 Å². The fourth-order valence-electron chi connectivity index (χ4n) is 3.12. The number of hydrogen-bond donors (Lipinski definition) is 1. The molecule has 1 N–H and O–H groups in total. The first-order chi connectivity index (χ1) is 15.5. The lowest BCUT2D eigenvalue weighted by atomic mass is 10.1. The first kappa shape index (κ1) is 21.9. The van der Waals surface area contributed by atoms with Crippen LogP contribution in [0.4, 0.5) is 5.69 Å². The van der Waals surface area contributed by atoms with E-state index in [4.69, 9.17) is 16.6 Å². The second-order valence-electron chi connectivity index (χ2n) is 7.13. The molecule has 1 aliphatic rings. The number of hydrogen-bond acceptors (Lipinski definition) is 7. The number of carbonyl (C=O) groups excluding carboxylic acids is 2. The van der Waals surface area contributed by atoms with Gasteiger partial charge < -0.3 is 9.73 Å². The topological polar surface area (TPSA) is 88.3 Å². The lowest BCUT2D eigenvalue weighted by Crippen LogP contribution is -2.31. The molecular weight excluding hydrogens is 444 g/mol. The second-order valence-corrected chi connectivity index (χ2v) is 8.81. The zero-order valence-corrected chi connectivity index (χ0v) is 18.9. The van der Waals surface area contributed by atoms with Gasteiger partial charge in [0, 0.05) is 25.6 Å². The maximum absolute atomic E-state index is 12.7. The van der Waals surface area contributed by atoms with Gasteiger partial charge in [0.2, 0.25) is 17.7 Å². The van der Waals surface area contributed by atoms with Crippen molar-refractivity contribution in [1.82, 2.24) is 15.1 Å². The van der Waals surface area contributed by atoms with E-state index in [0.29, 0.717) is 33.1 Å². The molecule has 2 heterocycles. The van der Waals surface area contributed by atoms with Crippen LogP contribution in [0.2, 0.25) is 0 Å². The SMILES string of the molecule is Cc1nnc(Cc2ccc(NC(=O)CCN3C(=O)/C(=C/c4ccccc4)SC3=S)cc2)o1. The van der Waals surface area contributed by atoms with E-state index in [1.165, 1.54) is 16.7 Å². The molecular formula is C23H20N4O3S2. The van der Waals surface area contributed by atoms with Crippen LogP contribution in [0, 0.1) is 6.92 Å². The van der Waals surface area contributed by atoms with Crippen molar-refractivity contribution in [3.8, 4) is 0 Å². The largest absolute Gasteiger partial charge is 0.425 e. The van der Waals surface area contributed by atoms with Crippen LogP contribution < -0.4 is 5.32 Å². The van der Waals surface area contributed by atoms with Gasteiger partial charge in [-0.05, 0) is 29.3 Å². The van der Waals surface area contributed by atoms with Crippen LogP contribution in [0.15, 0.2) is 63.9 Å². The van der Waals surface area contributed by atoms with Gasteiger partial charge in [-0.1, -0.05) is 66.4 Å². The highest BCUT2D eigenvalue weighted by Crippen LogP contribution is 2.32. The van der Waals surface area contributed by atoms with Crippen LogP contribution in [-0.2, 0) is 16.0 Å². The van der Waals surface area contributed by atoms with Gasteiger partial charge in [-0.2, -0.15) is 0 Å². The Balaban J connectivity index is 1.29. The van der Waals surface area contributed by atoms with Gasteiger partial charge in [0.05, 0.1) is 11.3 Å². The minimum Gasteiger partial charge on any atom is -0.425 e. The lowest BCUT2D eigenvalue weighted by Gasteiger charge is -2.14. The summed E-state index contributed by atoms with van der Waals surface area (Å²) in [7, 11) is 0. The minimum absolute atomic E-state index is 0.147. The number of aryl methyl sites for hydroxylation is 1. The number of aromatic nitrogens is 2. The van der Waals surface area contributed by atoms with Gasteiger partial charge in [-0.25, -0.2) is 0 Å². The van der Waals surface area contributed by atoms with Crippen molar-refractivity contribution in [2.75, 3.05) is 11.9 Å². The van der Waals surface area contributed by atoms with E-state index >= 15 is 0 Å².